The van der Waals surface area contributed by atoms with Crippen molar-refractivity contribution >= 4 is 0 Å². The van der Waals surface area contributed by atoms with Crippen LogP contribution >= 0.6 is 0 Å². The van der Waals surface area contributed by atoms with Gasteiger partial charge in [0.05, 0.1) is 18.3 Å². The van der Waals surface area contributed by atoms with Crippen LogP contribution in [-0.2, 0) is 0 Å². The minimum absolute atomic E-state index is 0.0447. The molecule has 0 bridgehead atoms. The number of rotatable bonds is 3. The summed E-state index contributed by atoms with van der Waals surface area (Å²) in [6.07, 6.45) is 9.45. The van der Waals surface area contributed by atoms with E-state index in [1.807, 2.05) is 0 Å². The highest BCUT2D eigenvalue weighted by Gasteiger charge is 2.59. The van der Waals surface area contributed by atoms with Gasteiger partial charge < -0.3 is 15.3 Å². The van der Waals surface area contributed by atoms with Crippen molar-refractivity contribution in [1.82, 2.24) is 0 Å². The molecule has 0 aliphatic heterocycles. The van der Waals surface area contributed by atoms with Gasteiger partial charge in [0, 0.05) is 0 Å². The molecule has 0 aromatic rings. The molecule has 9 unspecified atom stereocenters. The number of hydrogen-bond donors (Lipinski definition) is 3. The molecule has 3 nitrogen and oxygen atoms in total. The molecule has 0 aromatic heterocycles. The second-order valence-electron chi connectivity index (χ2n) is 13.9. The number of allylic oxidation sites excluding steroid dienone is 1. The first kappa shape index (κ1) is 24.7. The smallest absolute Gasteiger partial charge is 0.0594 e. The molecular weight excluding hydrogens is 396 g/mol. The first-order valence-electron chi connectivity index (χ1n) is 13.5. The monoisotopic (exact) mass is 446 g/mol. The van der Waals surface area contributed by atoms with E-state index in [1.165, 1.54) is 5.57 Å². The number of aliphatic hydroxyl groups excluding tert-OH is 3. The van der Waals surface area contributed by atoms with Gasteiger partial charge in [-0.15, -0.1) is 0 Å². The van der Waals surface area contributed by atoms with Gasteiger partial charge in [-0.1, -0.05) is 53.7 Å². The molecule has 3 N–H and O–H groups in total. The van der Waals surface area contributed by atoms with E-state index in [4.69, 9.17) is 0 Å². The molecule has 4 rings (SSSR count). The maximum absolute atomic E-state index is 11.2. The Bertz CT molecular complexity index is 726. The van der Waals surface area contributed by atoms with Crippen LogP contribution in [0, 0.1) is 45.3 Å². The van der Waals surface area contributed by atoms with Gasteiger partial charge in [-0.3, -0.25) is 0 Å². The van der Waals surface area contributed by atoms with Gasteiger partial charge in [-0.2, -0.15) is 0 Å². The van der Waals surface area contributed by atoms with Gasteiger partial charge >= 0.3 is 0 Å². The first-order chi connectivity index (χ1) is 14.8. The van der Waals surface area contributed by atoms with Crippen LogP contribution in [0.15, 0.2) is 12.2 Å². The van der Waals surface area contributed by atoms with Crippen molar-refractivity contribution in [2.45, 2.75) is 124 Å². The van der Waals surface area contributed by atoms with Crippen LogP contribution < -0.4 is 0 Å². The van der Waals surface area contributed by atoms with Crippen molar-refractivity contribution in [1.29, 1.82) is 0 Å². The van der Waals surface area contributed by atoms with E-state index in [2.05, 4.69) is 48.1 Å². The molecule has 0 saturated heterocycles. The van der Waals surface area contributed by atoms with E-state index in [-0.39, 0.29) is 40.0 Å². The summed E-state index contributed by atoms with van der Waals surface area (Å²) in [5, 5.41) is 32.7. The molecule has 184 valence electrons. The third-order valence-corrected chi connectivity index (χ3v) is 11.9. The zero-order valence-electron chi connectivity index (χ0n) is 21.7. The quantitative estimate of drug-likeness (QED) is 0.458. The molecule has 0 amide bonds. The maximum atomic E-state index is 11.2. The third-order valence-electron chi connectivity index (χ3n) is 11.9. The summed E-state index contributed by atoms with van der Waals surface area (Å²) in [5.41, 5.74) is 1.57. The van der Waals surface area contributed by atoms with Crippen molar-refractivity contribution in [3.63, 3.8) is 0 Å². The lowest BCUT2D eigenvalue weighted by Crippen LogP contribution is -2.57. The molecule has 0 aromatic carbocycles. The first-order valence-corrected chi connectivity index (χ1v) is 13.5. The van der Waals surface area contributed by atoms with Crippen molar-refractivity contribution in [3.8, 4) is 0 Å². The topological polar surface area (TPSA) is 60.7 Å². The third kappa shape index (κ3) is 3.55. The lowest BCUT2D eigenvalue weighted by atomic mass is 9.44. The molecule has 4 saturated carbocycles. The highest BCUT2D eigenvalue weighted by Crippen LogP contribution is 2.64. The van der Waals surface area contributed by atoms with Crippen molar-refractivity contribution in [2.75, 3.05) is 0 Å². The lowest BCUT2D eigenvalue weighted by molar-refractivity contribution is -0.169. The van der Waals surface area contributed by atoms with Crippen LogP contribution in [0.1, 0.15) is 106 Å². The fourth-order valence-corrected chi connectivity index (χ4v) is 9.77. The van der Waals surface area contributed by atoms with Crippen LogP contribution in [0.2, 0.25) is 0 Å². The minimum atomic E-state index is -0.231. The van der Waals surface area contributed by atoms with Gasteiger partial charge in [0.15, 0.2) is 0 Å². The highest BCUT2D eigenvalue weighted by molar-refractivity contribution is 5.17. The fraction of sp³-hybridized carbons (Fsp3) is 0.931. The van der Waals surface area contributed by atoms with Crippen LogP contribution in [0.3, 0.4) is 0 Å². The van der Waals surface area contributed by atoms with Crippen molar-refractivity contribution < 1.29 is 15.3 Å². The fourth-order valence-electron chi connectivity index (χ4n) is 9.77. The zero-order valence-corrected chi connectivity index (χ0v) is 21.7. The van der Waals surface area contributed by atoms with Crippen LogP contribution in [0.25, 0.3) is 0 Å². The predicted octanol–water partition coefficient (Wildman–Crippen LogP) is 6.11. The Morgan fingerprint density at radius 1 is 0.719 bits per heavy atom. The molecular formula is C29H50O3. The highest BCUT2D eigenvalue weighted by atomic mass is 16.3. The molecule has 0 heterocycles. The Balaban J connectivity index is 1.57. The summed E-state index contributed by atoms with van der Waals surface area (Å²) in [6, 6.07) is 0. The van der Waals surface area contributed by atoms with Gasteiger partial charge in [0.1, 0.15) is 0 Å². The Morgan fingerprint density at radius 3 is 1.84 bits per heavy atom. The van der Waals surface area contributed by atoms with E-state index in [0.29, 0.717) is 23.7 Å². The summed E-state index contributed by atoms with van der Waals surface area (Å²) >= 11 is 0. The molecule has 3 heteroatoms. The predicted molar refractivity (Wildman–Crippen MR) is 131 cm³/mol. The Labute approximate surface area is 197 Å². The zero-order chi connectivity index (χ0) is 23.7. The second-order valence-corrected chi connectivity index (χ2v) is 13.9. The minimum Gasteiger partial charge on any atom is -0.393 e. The molecule has 0 spiro atoms. The van der Waals surface area contributed by atoms with Gasteiger partial charge in [0.2, 0.25) is 0 Å². The number of hydrogen-bond acceptors (Lipinski definition) is 3. The Morgan fingerprint density at radius 2 is 1.25 bits per heavy atom. The molecule has 32 heavy (non-hydrogen) atoms. The SMILES string of the molecule is C=C1CCC2C(C)(C)C(O)CCC2(C)C1CCC1C(O)CCC2C(C)(C)C(O)CCC12C. The van der Waals surface area contributed by atoms with E-state index >= 15 is 0 Å². The van der Waals surface area contributed by atoms with E-state index in [9.17, 15) is 15.3 Å². The van der Waals surface area contributed by atoms with Crippen molar-refractivity contribution in [2.24, 2.45) is 45.3 Å². The van der Waals surface area contributed by atoms with Gasteiger partial charge in [-0.05, 0) is 110 Å². The molecule has 4 aliphatic rings. The largest absolute Gasteiger partial charge is 0.393 e. The normalized spacial score (nSPS) is 50.4. The number of aliphatic hydroxyl groups is 3. The summed E-state index contributed by atoms with van der Waals surface area (Å²) in [7, 11) is 0. The molecule has 4 fully saturated rings. The van der Waals surface area contributed by atoms with Crippen LogP contribution in [0.5, 0.6) is 0 Å². The standard InChI is InChI=1S/C29H50O3/c1-18-8-12-22-26(2,3)24(31)14-16-28(22,6)19(18)9-10-20-21(30)11-13-23-27(4,5)25(32)15-17-29(20,23)7/h19-25,30-32H,1,8-17H2,2-7H3. The molecule has 0 radical (unpaired) electrons. The average molecular weight is 447 g/mol. The summed E-state index contributed by atoms with van der Waals surface area (Å²) in [6.45, 7) is 18.5. The Hall–Kier alpha value is -0.380. The van der Waals surface area contributed by atoms with Crippen molar-refractivity contribution in [3.05, 3.63) is 12.2 Å². The molecule has 4 aliphatic carbocycles. The average Bonchev–Trinajstić information content (AvgIpc) is 2.69. The van der Waals surface area contributed by atoms with Crippen LogP contribution in [0.4, 0.5) is 0 Å². The number of fused-ring (bicyclic) bond motifs is 2. The Kier molecular flexibility index (Phi) is 6.25. The summed E-state index contributed by atoms with van der Waals surface area (Å²) < 4.78 is 0. The van der Waals surface area contributed by atoms with E-state index in [1.54, 1.807) is 0 Å². The lowest BCUT2D eigenvalue weighted by Gasteiger charge is -2.61. The summed E-state index contributed by atoms with van der Waals surface area (Å²) in [4.78, 5) is 0. The maximum Gasteiger partial charge on any atom is 0.0594 e. The molecule has 9 atom stereocenters. The second kappa shape index (κ2) is 8.09. The van der Waals surface area contributed by atoms with E-state index < -0.39 is 0 Å². The summed E-state index contributed by atoms with van der Waals surface area (Å²) in [5.74, 6) is 1.77. The van der Waals surface area contributed by atoms with Crippen LogP contribution in [-0.4, -0.2) is 33.6 Å². The van der Waals surface area contributed by atoms with E-state index in [0.717, 1.165) is 64.2 Å². The van der Waals surface area contributed by atoms with Gasteiger partial charge in [-0.25, -0.2) is 0 Å². The van der Waals surface area contributed by atoms with Gasteiger partial charge in [0.25, 0.3) is 0 Å².